The summed E-state index contributed by atoms with van der Waals surface area (Å²) < 4.78 is 0. The zero-order valence-corrected chi connectivity index (χ0v) is 17.7. The largest absolute Gasteiger partial charge is 0.371 e. The molecule has 4 heteroatoms. The van der Waals surface area contributed by atoms with E-state index in [0.29, 0.717) is 5.11 Å². The van der Waals surface area contributed by atoms with Gasteiger partial charge < -0.3 is 15.5 Å². The Kier molecular flexibility index (Phi) is 6.38. The molecule has 2 atom stereocenters. The van der Waals surface area contributed by atoms with Crippen molar-refractivity contribution >= 4 is 28.7 Å². The van der Waals surface area contributed by atoms with Crippen LogP contribution in [0.15, 0.2) is 42.5 Å². The highest BCUT2D eigenvalue weighted by atomic mass is 32.1. The molecule has 1 heterocycles. The summed E-state index contributed by atoms with van der Waals surface area (Å²) in [6.07, 6.45) is 2.64. The van der Waals surface area contributed by atoms with Crippen molar-refractivity contribution in [2.45, 2.75) is 46.6 Å². The number of aryl methyl sites for hydroxylation is 2. The monoisotopic (exact) mass is 381 g/mol. The van der Waals surface area contributed by atoms with Crippen molar-refractivity contribution in [2.75, 3.05) is 23.3 Å². The first kappa shape index (κ1) is 19.7. The van der Waals surface area contributed by atoms with Crippen molar-refractivity contribution in [3.05, 3.63) is 59.2 Å². The summed E-state index contributed by atoms with van der Waals surface area (Å²) in [4.78, 5) is 2.50. The Bertz CT molecular complexity index is 785. The van der Waals surface area contributed by atoms with E-state index in [9.17, 15) is 0 Å². The topological polar surface area (TPSA) is 27.3 Å². The maximum atomic E-state index is 5.53. The fraction of sp³-hybridized carbons (Fsp3) is 0.435. The third-order valence-corrected chi connectivity index (χ3v) is 5.62. The lowest BCUT2D eigenvalue weighted by molar-refractivity contribution is 0.447. The molecular weight excluding hydrogens is 350 g/mol. The molecule has 0 radical (unpaired) electrons. The number of nitrogens with zero attached hydrogens (tertiary/aromatic N) is 1. The minimum absolute atomic E-state index is 0.157. The molecule has 144 valence electrons. The van der Waals surface area contributed by atoms with Gasteiger partial charge in [-0.15, -0.1) is 0 Å². The van der Waals surface area contributed by atoms with E-state index >= 15 is 0 Å². The van der Waals surface area contributed by atoms with Crippen LogP contribution < -0.4 is 15.5 Å². The highest BCUT2D eigenvalue weighted by Gasteiger charge is 2.17. The lowest BCUT2D eigenvalue weighted by atomic mass is 9.99. The second kappa shape index (κ2) is 8.75. The fourth-order valence-corrected chi connectivity index (χ4v) is 3.99. The Balaban J connectivity index is 1.59. The maximum Gasteiger partial charge on any atom is 0.171 e. The predicted molar refractivity (Wildman–Crippen MR) is 121 cm³/mol. The van der Waals surface area contributed by atoms with Crippen molar-refractivity contribution in [3.63, 3.8) is 0 Å². The van der Waals surface area contributed by atoms with Crippen LogP contribution in [-0.2, 0) is 0 Å². The Morgan fingerprint density at radius 1 is 1.15 bits per heavy atom. The summed E-state index contributed by atoms with van der Waals surface area (Å²) in [6, 6.07) is 15.4. The molecule has 2 unspecified atom stereocenters. The molecule has 2 N–H and O–H groups in total. The number of rotatable bonds is 4. The van der Waals surface area contributed by atoms with Crippen molar-refractivity contribution < 1.29 is 0 Å². The molecule has 0 spiro atoms. The van der Waals surface area contributed by atoms with Crippen LogP contribution in [0.2, 0.25) is 0 Å². The van der Waals surface area contributed by atoms with Crippen LogP contribution >= 0.6 is 12.2 Å². The summed E-state index contributed by atoms with van der Waals surface area (Å²) in [5.41, 5.74) is 6.05. The van der Waals surface area contributed by atoms with Crippen molar-refractivity contribution in [2.24, 2.45) is 5.92 Å². The molecule has 1 saturated heterocycles. The number of nitrogens with one attached hydrogen (secondary N) is 2. The highest BCUT2D eigenvalue weighted by Crippen LogP contribution is 2.25. The molecule has 1 aliphatic heterocycles. The van der Waals surface area contributed by atoms with Gasteiger partial charge in [-0.25, -0.2) is 0 Å². The molecule has 2 aromatic rings. The van der Waals surface area contributed by atoms with Crippen LogP contribution in [0.25, 0.3) is 0 Å². The van der Waals surface area contributed by atoms with E-state index in [0.717, 1.165) is 18.2 Å². The number of benzene rings is 2. The number of anilines is 2. The first-order valence-corrected chi connectivity index (χ1v) is 10.3. The molecule has 0 aliphatic carbocycles. The molecule has 0 aromatic heterocycles. The number of thiocarbonyl (C=S) groups is 1. The van der Waals surface area contributed by atoms with Crippen LogP contribution in [-0.4, -0.2) is 18.2 Å². The summed E-state index contributed by atoms with van der Waals surface area (Å²) in [7, 11) is 0. The molecule has 0 bridgehead atoms. The van der Waals surface area contributed by atoms with Gasteiger partial charge in [0.05, 0.1) is 6.04 Å². The predicted octanol–water partition coefficient (Wildman–Crippen LogP) is 5.59. The number of piperidine rings is 1. The highest BCUT2D eigenvalue weighted by molar-refractivity contribution is 7.80. The smallest absolute Gasteiger partial charge is 0.171 e. The normalized spacial score (nSPS) is 18.1. The van der Waals surface area contributed by atoms with Gasteiger partial charge in [0.25, 0.3) is 0 Å². The molecule has 0 saturated carbocycles. The Labute approximate surface area is 169 Å². The third kappa shape index (κ3) is 5.23. The van der Waals surface area contributed by atoms with E-state index in [1.165, 1.54) is 41.8 Å². The van der Waals surface area contributed by atoms with Crippen LogP contribution in [0, 0.1) is 19.8 Å². The van der Waals surface area contributed by atoms with Gasteiger partial charge in [-0.05, 0) is 86.6 Å². The van der Waals surface area contributed by atoms with E-state index in [1.807, 2.05) is 0 Å². The molecule has 3 rings (SSSR count). The van der Waals surface area contributed by atoms with E-state index in [1.54, 1.807) is 0 Å². The summed E-state index contributed by atoms with van der Waals surface area (Å²) in [5.74, 6) is 0.785. The SMILES string of the molecule is Cc1ccc(C)c(NC(=S)NC(C)c2ccc(N3CCCC(C)C3)cc2)c1. The van der Waals surface area contributed by atoms with Gasteiger partial charge in [0.1, 0.15) is 0 Å². The van der Waals surface area contributed by atoms with E-state index in [-0.39, 0.29) is 6.04 Å². The molecular formula is C23H31N3S. The molecule has 1 fully saturated rings. The molecule has 3 nitrogen and oxygen atoms in total. The van der Waals surface area contributed by atoms with Gasteiger partial charge in [0, 0.05) is 24.5 Å². The first-order valence-electron chi connectivity index (χ1n) is 9.92. The lowest BCUT2D eigenvalue weighted by Crippen LogP contribution is -2.34. The number of hydrogen-bond donors (Lipinski definition) is 2. The van der Waals surface area contributed by atoms with E-state index < -0.39 is 0 Å². The van der Waals surface area contributed by atoms with Gasteiger partial charge >= 0.3 is 0 Å². The second-order valence-corrected chi connectivity index (χ2v) is 8.33. The Morgan fingerprint density at radius 3 is 2.59 bits per heavy atom. The lowest BCUT2D eigenvalue weighted by Gasteiger charge is -2.33. The minimum Gasteiger partial charge on any atom is -0.371 e. The summed E-state index contributed by atoms with van der Waals surface area (Å²) in [5, 5.41) is 7.39. The maximum absolute atomic E-state index is 5.53. The van der Waals surface area contributed by atoms with Crippen LogP contribution in [0.1, 0.15) is 49.4 Å². The van der Waals surface area contributed by atoms with Crippen molar-refractivity contribution in [1.29, 1.82) is 0 Å². The summed E-state index contributed by atoms with van der Waals surface area (Å²) in [6.45, 7) is 11.0. The van der Waals surface area contributed by atoms with E-state index in [2.05, 4.69) is 85.7 Å². The van der Waals surface area contributed by atoms with Gasteiger partial charge in [-0.3, -0.25) is 0 Å². The first-order chi connectivity index (χ1) is 12.9. The average molecular weight is 382 g/mol. The van der Waals surface area contributed by atoms with Crippen LogP contribution in [0.5, 0.6) is 0 Å². The Morgan fingerprint density at radius 2 is 1.89 bits per heavy atom. The number of hydrogen-bond acceptors (Lipinski definition) is 2. The summed E-state index contributed by atoms with van der Waals surface area (Å²) >= 11 is 5.53. The standard InChI is InChI=1S/C23H31N3S/c1-16-7-8-18(3)22(14-16)25-23(27)24-19(4)20-9-11-21(12-10-20)26-13-5-6-17(2)15-26/h7-12,14,17,19H,5-6,13,15H2,1-4H3,(H2,24,25,27). The Hall–Kier alpha value is -2.07. The minimum atomic E-state index is 0.157. The second-order valence-electron chi connectivity index (χ2n) is 7.92. The van der Waals surface area contributed by atoms with Gasteiger partial charge in [-0.1, -0.05) is 31.2 Å². The van der Waals surface area contributed by atoms with Gasteiger partial charge in [0.2, 0.25) is 0 Å². The van der Waals surface area contributed by atoms with E-state index in [4.69, 9.17) is 12.2 Å². The average Bonchev–Trinajstić information content (AvgIpc) is 2.65. The zero-order chi connectivity index (χ0) is 19.4. The zero-order valence-electron chi connectivity index (χ0n) is 16.9. The van der Waals surface area contributed by atoms with Crippen LogP contribution in [0.3, 0.4) is 0 Å². The van der Waals surface area contributed by atoms with Gasteiger partial charge in [-0.2, -0.15) is 0 Å². The van der Waals surface area contributed by atoms with Crippen molar-refractivity contribution in [3.8, 4) is 0 Å². The molecule has 0 amide bonds. The quantitative estimate of drug-likeness (QED) is 0.675. The molecule has 2 aromatic carbocycles. The van der Waals surface area contributed by atoms with Gasteiger partial charge in [0.15, 0.2) is 5.11 Å². The fourth-order valence-electron chi connectivity index (χ4n) is 3.71. The van der Waals surface area contributed by atoms with Crippen LogP contribution in [0.4, 0.5) is 11.4 Å². The van der Waals surface area contributed by atoms with Crippen molar-refractivity contribution in [1.82, 2.24) is 5.32 Å². The third-order valence-electron chi connectivity index (χ3n) is 5.40. The molecule has 1 aliphatic rings. The molecule has 27 heavy (non-hydrogen) atoms.